The van der Waals surface area contributed by atoms with Crippen molar-refractivity contribution < 1.29 is 9.53 Å². The van der Waals surface area contributed by atoms with Gasteiger partial charge in [0.05, 0.1) is 10.0 Å². The van der Waals surface area contributed by atoms with Crippen molar-refractivity contribution in [1.82, 2.24) is 0 Å². The van der Waals surface area contributed by atoms with Crippen molar-refractivity contribution in [3.63, 3.8) is 0 Å². The fraction of sp³-hybridized carbons (Fsp3) is 0.100. The third kappa shape index (κ3) is 3.05. The second kappa shape index (κ2) is 5.68. The van der Waals surface area contributed by atoms with E-state index in [1.165, 1.54) is 0 Å². The molecule has 1 aromatic rings. The van der Waals surface area contributed by atoms with E-state index in [0.29, 0.717) is 16.5 Å². The Bertz CT molecular complexity index is 348. The number of benzene rings is 1. The molecule has 0 heterocycles. The lowest BCUT2D eigenvalue weighted by Gasteiger charge is -1.99. The number of carbonyl (C=O) groups is 1. The maximum atomic E-state index is 9.83. The summed E-state index contributed by atoms with van der Waals surface area (Å²) in [7, 11) is 0. The fourth-order valence-corrected chi connectivity index (χ4v) is 1.29. The summed E-state index contributed by atoms with van der Waals surface area (Å²) in [5, 5.41) is 1.00. The summed E-state index contributed by atoms with van der Waals surface area (Å²) in [6, 6.07) is 5.34. The van der Waals surface area contributed by atoms with E-state index in [1.54, 1.807) is 24.3 Å². The van der Waals surface area contributed by atoms with Gasteiger partial charge in [0.25, 0.3) is 6.47 Å². The van der Waals surface area contributed by atoms with Crippen LogP contribution in [0.5, 0.6) is 0 Å². The molecule has 74 valence electrons. The Hall–Kier alpha value is -0.990. The van der Waals surface area contributed by atoms with Crippen LogP contribution >= 0.6 is 23.2 Å². The second-order valence-electron chi connectivity index (χ2n) is 2.47. The molecule has 0 atom stereocenters. The van der Waals surface area contributed by atoms with Gasteiger partial charge in [-0.25, -0.2) is 0 Å². The summed E-state index contributed by atoms with van der Waals surface area (Å²) >= 11 is 11.7. The summed E-state index contributed by atoms with van der Waals surface area (Å²) in [5.41, 5.74) is 0.800. The fourth-order valence-electron chi connectivity index (χ4n) is 0.919. The molecular formula is C10H8Cl2O2. The zero-order valence-corrected chi connectivity index (χ0v) is 8.76. The van der Waals surface area contributed by atoms with Crippen LogP contribution in [0.2, 0.25) is 10.0 Å². The molecule has 1 aromatic carbocycles. The van der Waals surface area contributed by atoms with Crippen LogP contribution in [0.3, 0.4) is 0 Å². The van der Waals surface area contributed by atoms with Gasteiger partial charge in [0.15, 0.2) is 0 Å². The highest BCUT2D eigenvalue weighted by Gasteiger charge is 1.99. The molecule has 1 rings (SSSR count). The molecule has 0 amide bonds. The maximum Gasteiger partial charge on any atom is 0.293 e. The highest BCUT2D eigenvalue weighted by atomic mass is 35.5. The minimum atomic E-state index is 0.229. The number of carbonyl (C=O) groups excluding carboxylic acids is 1. The molecule has 0 radical (unpaired) electrons. The number of hydrogen-bond donors (Lipinski definition) is 0. The molecule has 4 heteroatoms. The van der Waals surface area contributed by atoms with Crippen molar-refractivity contribution in [2.75, 3.05) is 6.61 Å². The standard InChI is InChI=1S/C10H8Cl2O2/c11-9-5-1-3-8(10(9)12)4-2-6-14-7-13/h1-5,7H,6H2. The van der Waals surface area contributed by atoms with E-state index in [1.807, 2.05) is 6.07 Å². The molecule has 0 aliphatic heterocycles. The molecule has 0 bridgehead atoms. The zero-order chi connectivity index (χ0) is 10.4. The predicted octanol–water partition coefficient (Wildman–Crippen LogP) is 3.18. The Balaban J connectivity index is 2.71. The number of ether oxygens (including phenoxy) is 1. The number of halogens is 2. The van der Waals surface area contributed by atoms with Crippen molar-refractivity contribution >= 4 is 35.8 Å². The molecule has 0 spiro atoms. The molecule has 2 nitrogen and oxygen atoms in total. The van der Waals surface area contributed by atoms with E-state index in [0.717, 1.165) is 5.56 Å². The van der Waals surface area contributed by atoms with Crippen molar-refractivity contribution in [2.45, 2.75) is 0 Å². The lowest BCUT2D eigenvalue weighted by molar-refractivity contribution is -0.127. The average Bonchev–Trinajstić information content (AvgIpc) is 2.19. The van der Waals surface area contributed by atoms with E-state index < -0.39 is 0 Å². The van der Waals surface area contributed by atoms with Gasteiger partial charge >= 0.3 is 0 Å². The van der Waals surface area contributed by atoms with Gasteiger partial charge in [-0.15, -0.1) is 0 Å². The van der Waals surface area contributed by atoms with Gasteiger partial charge in [0.1, 0.15) is 6.61 Å². The first-order valence-corrected chi connectivity index (χ1v) is 4.67. The lowest BCUT2D eigenvalue weighted by atomic mass is 10.2. The van der Waals surface area contributed by atoms with Crippen LogP contribution < -0.4 is 0 Å². The van der Waals surface area contributed by atoms with E-state index in [4.69, 9.17) is 23.2 Å². The summed E-state index contributed by atoms with van der Waals surface area (Å²) < 4.78 is 4.48. The smallest absolute Gasteiger partial charge is 0.293 e. The maximum absolute atomic E-state index is 9.83. The second-order valence-corrected chi connectivity index (χ2v) is 3.26. The third-order valence-electron chi connectivity index (χ3n) is 1.54. The number of rotatable bonds is 4. The molecule has 0 N–H and O–H groups in total. The highest BCUT2D eigenvalue weighted by molar-refractivity contribution is 6.42. The monoisotopic (exact) mass is 230 g/mol. The Kier molecular flexibility index (Phi) is 4.50. The molecule has 0 unspecified atom stereocenters. The quantitative estimate of drug-likeness (QED) is 0.587. The van der Waals surface area contributed by atoms with Crippen LogP contribution in [0.4, 0.5) is 0 Å². The lowest BCUT2D eigenvalue weighted by Crippen LogP contribution is -1.85. The van der Waals surface area contributed by atoms with Gasteiger partial charge in [-0.1, -0.05) is 41.4 Å². The number of hydrogen-bond acceptors (Lipinski definition) is 2. The summed E-state index contributed by atoms with van der Waals surface area (Å²) in [6.45, 7) is 0.621. The van der Waals surface area contributed by atoms with Crippen molar-refractivity contribution in [1.29, 1.82) is 0 Å². The minimum absolute atomic E-state index is 0.229. The van der Waals surface area contributed by atoms with Gasteiger partial charge in [-0.2, -0.15) is 0 Å². The first-order chi connectivity index (χ1) is 6.75. The summed E-state index contributed by atoms with van der Waals surface area (Å²) in [6.07, 6.45) is 3.43. The van der Waals surface area contributed by atoms with E-state index >= 15 is 0 Å². The molecular weight excluding hydrogens is 223 g/mol. The zero-order valence-electron chi connectivity index (χ0n) is 7.24. The average molecular weight is 231 g/mol. The van der Waals surface area contributed by atoms with Crippen LogP contribution in [0.25, 0.3) is 6.08 Å². The first-order valence-electron chi connectivity index (χ1n) is 3.91. The topological polar surface area (TPSA) is 26.3 Å². The molecule has 0 aliphatic carbocycles. The molecule has 0 saturated carbocycles. The van der Waals surface area contributed by atoms with Crippen molar-refractivity contribution in [2.24, 2.45) is 0 Å². The molecule has 0 aliphatic rings. The highest BCUT2D eigenvalue weighted by Crippen LogP contribution is 2.26. The Morgan fingerprint density at radius 3 is 2.86 bits per heavy atom. The van der Waals surface area contributed by atoms with Gasteiger partial charge in [0.2, 0.25) is 0 Å². The van der Waals surface area contributed by atoms with Crippen molar-refractivity contribution in [3.05, 3.63) is 39.9 Å². The third-order valence-corrected chi connectivity index (χ3v) is 2.37. The van der Waals surface area contributed by atoms with Crippen LogP contribution in [0.15, 0.2) is 24.3 Å². The van der Waals surface area contributed by atoms with E-state index in [-0.39, 0.29) is 6.61 Å². The SMILES string of the molecule is O=COCC=Cc1cccc(Cl)c1Cl. The Labute approximate surface area is 92.1 Å². The summed E-state index contributed by atoms with van der Waals surface area (Å²) in [4.78, 5) is 9.83. The first kappa shape index (κ1) is 11.1. The van der Waals surface area contributed by atoms with Crippen molar-refractivity contribution in [3.8, 4) is 0 Å². The van der Waals surface area contributed by atoms with Gasteiger partial charge in [0, 0.05) is 0 Å². The molecule has 0 aromatic heterocycles. The van der Waals surface area contributed by atoms with Crippen LogP contribution in [0.1, 0.15) is 5.56 Å². The minimum Gasteiger partial charge on any atom is -0.464 e. The Morgan fingerprint density at radius 2 is 2.14 bits per heavy atom. The normalized spacial score (nSPS) is 10.4. The van der Waals surface area contributed by atoms with E-state index in [2.05, 4.69) is 4.74 Å². The van der Waals surface area contributed by atoms with Gasteiger partial charge in [-0.05, 0) is 17.7 Å². The molecule has 0 fully saturated rings. The molecule has 14 heavy (non-hydrogen) atoms. The van der Waals surface area contributed by atoms with Crippen LogP contribution in [-0.4, -0.2) is 13.1 Å². The predicted molar refractivity (Wildman–Crippen MR) is 57.5 cm³/mol. The van der Waals surface area contributed by atoms with Crippen LogP contribution in [-0.2, 0) is 9.53 Å². The molecule has 0 saturated heterocycles. The van der Waals surface area contributed by atoms with Gasteiger partial charge in [-0.3, -0.25) is 4.79 Å². The van der Waals surface area contributed by atoms with Gasteiger partial charge < -0.3 is 4.74 Å². The van der Waals surface area contributed by atoms with E-state index in [9.17, 15) is 4.79 Å². The largest absolute Gasteiger partial charge is 0.464 e. The Morgan fingerprint density at radius 1 is 1.36 bits per heavy atom. The van der Waals surface area contributed by atoms with Crippen LogP contribution in [0, 0.1) is 0 Å². The summed E-state index contributed by atoms with van der Waals surface area (Å²) in [5.74, 6) is 0.